The van der Waals surface area contributed by atoms with Gasteiger partial charge in [0.15, 0.2) is 0 Å². The molecule has 19 N–H and O–H groups in total. The van der Waals surface area contributed by atoms with E-state index in [1.54, 1.807) is 41.5 Å². The summed E-state index contributed by atoms with van der Waals surface area (Å²) in [6, 6.07) is -5.09. The molecule has 1 rings (SSSR count). The molecule has 77 heavy (non-hydrogen) atoms. The first kappa shape index (κ1) is 67.1. The molecule has 0 aromatic heterocycles. The van der Waals surface area contributed by atoms with Crippen LogP contribution in [0.2, 0.25) is 0 Å². The normalized spacial score (nSPS) is 14.9. The van der Waals surface area contributed by atoms with Crippen LogP contribution in [0, 0.1) is 17.8 Å². The average Bonchev–Trinajstić information content (AvgIpc) is 3.33. The summed E-state index contributed by atoms with van der Waals surface area (Å²) in [5.41, 5.74) is 18.3. The van der Waals surface area contributed by atoms with Crippen molar-refractivity contribution < 1.29 is 72.5 Å². The van der Waals surface area contributed by atoms with Crippen molar-refractivity contribution in [2.75, 3.05) is 6.54 Å². The zero-order valence-electron chi connectivity index (χ0n) is 45.3. The number of carboxylic acids is 1. The van der Waals surface area contributed by atoms with Crippen molar-refractivity contribution in [3.05, 3.63) is 29.8 Å². The summed E-state index contributed by atoms with van der Waals surface area (Å²) in [5.74, 6) is -14.8. The Hall–Kier alpha value is -7.91. The third kappa shape index (κ3) is 22.8. The number of hydrogen-bond donors (Lipinski definition) is 15. The summed E-state index contributed by atoms with van der Waals surface area (Å²) in [6.45, 7) is 14.4. The van der Waals surface area contributed by atoms with Crippen LogP contribution in [0.1, 0.15) is 113 Å². The first-order chi connectivity index (χ1) is 35.6. The fraction of sp³-hybridized carbons (Fsp3) is 0.612. The van der Waals surface area contributed by atoms with Crippen molar-refractivity contribution in [2.45, 2.75) is 168 Å². The van der Waals surface area contributed by atoms with Gasteiger partial charge in [-0.2, -0.15) is 0 Å². The van der Waals surface area contributed by atoms with Gasteiger partial charge in [0.05, 0.1) is 25.4 Å². The Labute approximate surface area is 446 Å². The van der Waals surface area contributed by atoms with Gasteiger partial charge in [-0.3, -0.25) is 62.3 Å². The van der Waals surface area contributed by atoms with Crippen molar-refractivity contribution in [2.24, 2.45) is 40.7 Å². The molecule has 0 heterocycles. The van der Waals surface area contributed by atoms with Gasteiger partial charge < -0.3 is 81.0 Å². The average molecular weight is 1090 g/mol. The summed E-state index contributed by atoms with van der Waals surface area (Å²) in [6.07, 6.45) is -2.17. The molecule has 0 saturated heterocycles. The third-order valence-corrected chi connectivity index (χ3v) is 12.4. The van der Waals surface area contributed by atoms with E-state index in [4.69, 9.17) is 22.9 Å². The summed E-state index contributed by atoms with van der Waals surface area (Å²) in [4.78, 5) is 170. The minimum absolute atomic E-state index is 0.150. The number of aromatic hydroxyl groups is 1. The molecule has 28 heteroatoms. The van der Waals surface area contributed by atoms with E-state index in [2.05, 4.69) is 47.9 Å². The lowest BCUT2D eigenvalue weighted by molar-refractivity contribution is -0.142. The first-order valence-corrected chi connectivity index (χ1v) is 24.9. The minimum Gasteiger partial charge on any atom is -0.508 e. The van der Waals surface area contributed by atoms with E-state index in [9.17, 15) is 72.5 Å². The number of carbonyl (C=O) groups is 13. The van der Waals surface area contributed by atoms with Gasteiger partial charge in [-0.15, -0.1) is 0 Å². The molecule has 9 atom stereocenters. The summed E-state index contributed by atoms with van der Waals surface area (Å²) >= 11 is 0. The van der Waals surface area contributed by atoms with Crippen molar-refractivity contribution in [1.82, 2.24) is 47.9 Å². The molecular weight excluding hydrogens is 1010 g/mol. The standard InChI is InChI=1S/C49H79N13O15/c1-11-24(5)37(44(74)57-30(20-33(51)65)39(69)54-22-34(52)66)59-41(71)29(19-26-13-15-27(63)16-14-26)56-40(70)31(21-35(67)68)58-45(75)38(25(6)12-2)60-46(76)48(7,8)62-47(77)49(9,10)61-42(72)28(17-18-32(50)64)55-43(73)36(53)23(3)4/h13-16,23-25,28-31,36-38,63H,11-12,17-22,53H2,1-10H3,(H2,50,64)(H2,51,65)(H2,52,66)(H,54,69)(H,55,73)(H,56,70)(H,57,74)(H,58,75)(H,59,71)(H,60,76)(H,61,72)(H,62,77)(H,67,68)/t24-,25-,28-,29-,30-,31-,36-,37-,38-/m0/s1. The molecule has 0 fully saturated rings. The number of nitrogens with one attached hydrogen (secondary N) is 9. The van der Waals surface area contributed by atoms with Crippen LogP contribution in [0.25, 0.3) is 0 Å². The molecule has 1 aromatic carbocycles. The molecule has 430 valence electrons. The number of amides is 12. The molecule has 0 unspecified atom stereocenters. The number of carboxylic acid groups (broad SMARTS) is 1. The van der Waals surface area contributed by atoms with Crippen LogP contribution in [0.4, 0.5) is 0 Å². The number of nitrogens with two attached hydrogens (primary N) is 4. The topological polar surface area (TPSA) is 475 Å². The highest BCUT2D eigenvalue weighted by Crippen LogP contribution is 2.17. The SMILES string of the molecule is CC[C@H](C)[C@H](NC(=O)[C@H](Cc1ccc(O)cc1)NC(=O)[C@H](CC(=O)O)NC(=O)[C@@H](NC(=O)C(C)(C)NC(=O)C(C)(C)NC(=O)[C@H](CCC(N)=O)NC(=O)[C@@H](N)C(C)C)[C@@H](C)CC)C(=O)N[C@@H](CC(N)=O)C(=O)NCC(N)=O. The van der Waals surface area contributed by atoms with Gasteiger partial charge in [0.1, 0.15) is 53.1 Å². The van der Waals surface area contributed by atoms with Gasteiger partial charge in [0.2, 0.25) is 70.9 Å². The molecule has 0 aliphatic heterocycles. The van der Waals surface area contributed by atoms with E-state index in [0.29, 0.717) is 5.56 Å². The van der Waals surface area contributed by atoms with Crippen molar-refractivity contribution >= 4 is 76.9 Å². The van der Waals surface area contributed by atoms with Crippen LogP contribution in [-0.4, -0.2) is 147 Å². The van der Waals surface area contributed by atoms with Gasteiger partial charge in [-0.05, 0) is 69.6 Å². The highest BCUT2D eigenvalue weighted by Gasteiger charge is 2.41. The fourth-order valence-corrected chi connectivity index (χ4v) is 7.02. The van der Waals surface area contributed by atoms with Crippen molar-refractivity contribution in [3.63, 3.8) is 0 Å². The predicted molar refractivity (Wildman–Crippen MR) is 276 cm³/mol. The number of primary amides is 3. The van der Waals surface area contributed by atoms with Gasteiger partial charge in [-0.25, -0.2) is 0 Å². The Balaban J connectivity index is 3.52. The van der Waals surface area contributed by atoms with Crippen LogP contribution < -0.4 is 70.8 Å². The molecule has 0 aliphatic carbocycles. The molecular formula is C49H79N13O15. The number of carbonyl (C=O) groups excluding carboxylic acids is 12. The lowest BCUT2D eigenvalue weighted by atomic mass is 9.94. The number of phenolic OH excluding ortho intramolecular Hbond substituents is 1. The van der Waals surface area contributed by atoms with Crippen LogP contribution in [0.3, 0.4) is 0 Å². The Bertz CT molecular complexity index is 2330. The number of rotatable bonds is 33. The Morgan fingerprint density at radius 2 is 1.00 bits per heavy atom. The molecule has 1 aromatic rings. The molecule has 28 nitrogen and oxygen atoms in total. The third-order valence-electron chi connectivity index (χ3n) is 12.4. The molecule has 0 bridgehead atoms. The van der Waals surface area contributed by atoms with Gasteiger partial charge in [0, 0.05) is 12.8 Å². The van der Waals surface area contributed by atoms with Crippen LogP contribution in [0.5, 0.6) is 5.75 Å². The van der Waals surface area contributed by atoms with E-state index in [0.717, 1.165) is 0 Å². The van der Waals surface area contributed by atoms with Crippen LogP contribution in [-0.2, 0) is 68.7 Å². The van der Waals surface area contributed by atoms with E-state index < -0.39 is 161 Å². The number of hydrogen-bond acceptors (Lipinski definition) is 15. The maximum atomic E-state index is 14.2. The molecule has 0 aliphatic rings. The molecule has 0 saturated carbocycles. The lowest BCUT2D eigenvalue weighted by Crippen LogP contribution is -2.66. The van der Waals surface area contributed by atoms with Crippen molar-refractivity contribution in [3.8, 4) is 5.75 Å². The van der Waals surface area contributed by atoms with Gasteiger partial charge >= 0.3 is 5.97 Å². The fourth-order valence-electron chi connectivity index (χ4n) is 7.02. The van der Waals surface area contributed by atoms with Gasteiger partial charge in [-0.1, -0.05) is 66.5 Å². The molecule has 0 radical (unpaired) electrons. The van der Waals surface area contributed by atoms with E-state index in [1.807, 2.05) is 0 Å². The smallest absolute Gasteiger partial charge is 0.305 e. The largest absolute Gasteiger partial charge is 0.508 e. The second-order valence-electron chi connectivity index (χ2n) is 20.2. The van der Waals surface area contributed by atoms with Crippen molar-refractivity contribution in [1.29, 1.82) is 0 Å². The van der Waals surface area contributed by atoms with Crippen LogP contribution in [0.15, 0.2) is 24.3 Å². The quantitative estimate of drug-likeness (QED) is 0.0318. The summed E-state index contributed by atoms with van der Waals surface area (Å²) < 4.78 is 0. The van der Waals surface area contributed by atoms with E-state index in [1.165, 1.54) is 52.0 Å². The summed E-state index contributed by atoms with van der Waals surface area (Å²) in [7, 11) is 0. The predicted octanol–water partition coefficient (Wildman–Crippen LogP) is -4.07. The lowest BCUT2D eigenvalue weighted by Gasteiger charge is -2.34. The highest BCUT2D eigenvalue weighted by molar-refractivity contribution is 6.01. The second kappa shape index (κ2) is 30.6. The van der Waals surface area contributed by atoms with E-state index >= 15 is 0 Å². The maximum absolute atomic E-state index is 14.2. The zero-order chi connectivity index (χ0) is 59.3. The first-order valence-electron chi connectivity index (χ1n) is 24.9. The molecule has 12 amide bonds. The van der Waals surface area contributed by atoms with Gasteiger partial charge in [0.25, 0.3) is 0 Å². The Kier molecular flexibility index (Phi) is 26.7. The highest BCUT2D eigenvalue weighted by atomic mass is 16.4. The molecule has 0 spiro atoms. The zero-order valence-corrected chi connectivity index (χ0v) is 45.3. The Morgan fingerprint density at radius 1 is 0.532 bits per heavy atom. The maximum Gasteiger partial charge on any atom is 0.305 e. The number of phenols is 1. The minimum atomic E-state index is -1.92. The second-order valence-corrected chi connectivity index (χ2v) is 20.2. The number of benzene rings is 1. The van der Waals surface area contributed by atoms with Crippen LogP contribution >= 0.6 is 0 Å². The monoisotopic (exact) mass is 1090 g/mol. The summed E-state index contributed by atoms with van der Waals surface area (Å²) in [5, 5.41) is 41.7. The van der Waals surface area contributed by atoms with E-state index in [-0.39, 0.29) is 43.8 Å². The Morgan fingerprint density at radius 3 is 1.47 bits per heavy atom. The number of aliphatic carboxylic acids is 1.